The number of nitrogens with zero attached hydrogens (tertiary/aromatic N) is 1. The second kappa shape index (κ2) is 7.24. The van der Waals surface area contributed by atoms with Gasteiger partial charge >= 0.3 is 0 Å². The molecule has 0 aromatic rings. The topological polar surface area (TPSA) is 29.3 Å². The number of hydrogen-bond donors (Lipinski definition) is 1. The van der Waals surface area contributed by atoms with Crippen LogP contribution >= 0.6 is 0 Å². The Morgan fingerprint density at radius 2 is 1.57 bits per heavy atom. The summed E-state index contributed by atoms with van der Waals surface area (Å²) in [5.74, 6) is 0.752. The maximum Gasteiger partial charge on any atom is 0.0249 e. The summed E-state index contributed by atoms with van der Waals surface area (Å²) in [6, 6.07) is 1.17. The normalized spacial score (nSPS) is 14.4. The third-order valence-corrected chi connectivity index (χ3v) is 3.29. The average molecular weight is 200 g/mol. The van der Waals surface area contributed by atoms with Crippen LogP contribution in [0.3, 0.4) is 0 Å². The SMILES string of the molecule is CCC(CC)C(CN)N(CC)C(C)C. The molecule has 0 aliphatic heterocycles. The molecule has 0 aromatic heterocycles. The molecular formula is C12H28N2. The van der Waals surface area contributed by atoms with Crippen molar-refractivity contribution in [3.05, 3.63) is 0 Å². The van der Waals surface area contributed by atoms with Crippen LogP contribution in [-0.4, -0.2) is 30.1 Å². The molecule has 0 aliphatic carbocycles. The van der Waals surface area contributed by atoms with E-state index in [0.717, 1.165) is 19.0 Å². The Labute approximate surface area is 89.9 Å². The maximum atomic E-state index is 5.90. The first kappa shape index (κ1) is 13.9. The number of likely N-dealkylation sites (N-methyl/N-ethyl adjacent to an activating group) is 1. The summed E-state index contributed by atoms with van der Waals surface area (Å²) in [6.07, 6.45) is 2.48. The zero-order valence-corrected chi connectivity index (χ0v) is 10.6. The molecule has 0 amide bonds. The predicted octanol–water partition coefficient (Wildman–Crippen LogP) is 2.48. The quantitative estimate of drug-likeness (QED) is 0.684. The predicted molar refractivity (Wildman–Crippen MR) is 64.4 cm³/mol. The minimum absolute atomic E-state index is 0.565. The van der Waals surface area contributed by atoms with E-state index in [0.29, 0.717) is 12.1 Å². The van der Waals surface area contributed by atoms with E-state index >= 15 is 0 Å². The van der Waals surface area contributed by atoms with Gasteiger partial charge in [-0.2, -0.15) is 0 Å². The van der Waals surface area contributed by atoms with Crippen LogP contribution in [0.1, 0.15) is 47.5 Å². The molecule has 2 nitrogen and oxygen atoms in total. The first-order valence-corrected chi connectivity index (χ1v) is 6.07. The molecule has 14 heavy (non-hydrogen) atoms. The number of rotatable bonds is 7. The van der Waals surface area contributed by atoms with E-state index in [-0.39, 0.29) is 0 Å². The third kappa shape index (κ3) is 3.58. The van der Waals surface area contributed by atoms with E-state index in [4.69, 9.17) is 5.73 Å². The standard InChI is InChI=1S/C12H28N2/c1-6-11(7-2)12(9-13)14(8-3)10(4)5/h10-12H,6-9,13H2,1-5H3. The summed E-state index contributed by atoms with van der Waals surface area (Å²) in [5, 5.41) is 0. The van der Waals surface area contributed by atoms with Gasteiger partial charge in [-0.1, -0.05) is 33.6 Å². The van der Waals surface area contributed by atoms with Crippen molar-refractivity contribution < 1.29 is 0 Å². The smallest absolute Gasteiger partial charge is 0.0249 e. The van der Waals surface area contributed by atoms with E-state index in [1.807, 2.05) is 0 Å². The highest BCUT2D eigenvalue weighted by molar-refractivity contribution is 4.80. The van der Waals surface area contributed by atoms with Crippen molar-refractivity contribution in [2.45, 2.75) is 59.5 Å². The lowest BCUT2D eigenvalue weighted by Crippen LogP contribution is -2.48. The second-order valence-electron chi connectivity index (χ2n) is 4.30. The summed E-state index contributed by atoms with van der Waals surface area (Å²) < 4.78 is 0. The van der Waals surface area contributed by atoms with Gasteiger partial charge in [-0.3, -0.25) is 4.90 Å². The molecular weight excluding hydrogens is 172 g/mol. The molecule has 0 radical (unpaired) electrons. The molecule has 1 unspecified atom stereocenters. The van der Waals surface area contributed by atoms with Crippen LogP contribution in [0.15, 0.2) is 0 Å². The van der Waals surface area contributed by atoms with E-state index < -0.39 is 0 Å². The fraction of sp³-hybridized carbons (Fsp3) is 1.00. The summed E-state index contributed by atoms with van der Waals surface area (Å²) in [5.41, 5.74) is 5.90. The van der Waals surface area contributed by atoms with Crippen molar-refractivity contribution in [1.29, 1.82) is 0 Å². The van der Waals surface area contributed by atoms with Gasteiger partial charge in [0.15, 0.2) is 0 Å². The van der Waals surface area contributed by atoms with E-state index in [9.17, 15) is 0 Å². The van der Waals surface area contributed by atoms with Crippen molar-refractivity contribution >= 4 is 0 Å². The number of hydrogen-bond acceptors (Lipinski definition) is 2. The third-order valence-electron chi connectivity index (χ3n) is 3.29. The van der Waals surface area contributed by atoms with Gasteiger partial charge in [0, 0.05) is 18.6 Å². The Morgan fingerprint density at radius 1 is 1.07 bits per heavy atom. The van der Waals surface area contributed by atoms with Crippen LogP contribution in [0.4, 0.5) is 0 Å². The van der Waals surface area contributed by atoms with Gasteiger partial charge in [0.25, 0.3) is 0 Å². The highest BCUT2D eigenvalue weighted by Crippen LogP contribution is 2.19. The summed E-state index contributed by atoms with van der Waals surface area (Å²) >= 11 is 0. The van der Waals surface area contributed by atoms with Gasteiger partial charge in [-0.05, 0) is 26.3 Å². The van der Waals surface area contributed by atoms with Crippen LogP contribution in [-0.2, 0) is 0 Å². The molecule has 0 fully saturated rings. The second-order valence-corrected chi connectivity index (χ2v) is 4.30. The van der Waals surface area contributed by atoms with E-state index in [1.165, 1.54) is 12.8 Å². The zero-order chi connectivity index (χ0) is 11.1. The highest BCUT2D eigenvalue weighted by atomic mass is 15.2. The summed E-state index contributed by atoms with van der Waals surface area (Å²) in [6.45, 7) is 13.2. The molecule has 0 saturated heterocycles. The zero-order valence-electron chi connectivity index (χ0n) is 10.6. The van der Waals surface area contributed by atoms with Crippen molar-refractivity contribution in [1.82, 2.24) is 4.90 Å². The molecule has 0 heterocycles. The van der Waals surface area contributed by atoms with Crippen LogP contribution in [0.5, 0.6) is 0 Å². The van der Waals surface area contributed by atoms with E-state index in [2.05, 4.69) is 39.5 Å². The molecule has 86 valence electrons. The van der Waals surface area contributed by atoms with E-state index in [1.54, 1.807) is 0 Å². The van der Waals surface area contributed by atoms with Gasteiger partial charge in [-0.15, -0.1) is 0 Å². The molecule has 0 spiro atoms. The molecule has 0 aliphatic rings. The fourth-order valence-corrected chi connectivity index (χ4v) is 2.41. The molecule has 0 saturated carbocycles. The Bertz CT molecular complexity index is 130. The molecule has 2 N–H and O–H groups in total. The van der Waals surface area contributed by atoms with Crippen LogP contribution in [0.2, 0.25) is 0 Å². The van der Waals surface area contributed by atoms with Crippen molar-refractivity contribution in [3.63, 3.8) is 0 Å². The van der Waals surface area contributed by atoms with Gasteiger partial charge in [0.2, 0.25) is 0 Å². The highest BCUT2D eigenvalue weighted by Gasteiger charge is 2.24. The van der Waals surface area contributed by atoms with Crippen molar-refractivity contribution in [3.8, 4) is 0 Å². The first-order valence-electron chi connectivity index (χ1n) is 6.07. The molecule has 0 bridgehead atoms. The van der Waals surface area contributed by atoms with Crippen LogP contribution < -0.4 is 5.73 Å². The number of nitrogens with two attached hydrogens (primary N) is 1. The minimum atomic E-state index is 0.565. The lowest BCUT2D eigenvalue weighted by atomic mass is 9.92. The summed E-state index contributed by atoms with van der Waals surface area (Å²) in [7, 11) is 0. The Balaban J connectivity index is 4.48. The van der Waals surface area contributed by atoms with Crippen molar-refractivity contribution in [2.75, 3.05) is 13.1 Å². The van der Waals surface area contributed by atoms with Gasteiger partial charge < -0.3 is 5.73 Å². The van der Waals surface area contributed by atoms with Crippen LogP contribution in [0.25, 0.3) is 0 Å². The van der Waals surface area contributed by atoms with Crippen molar-refractivity contribution in [2.24, 2.45) is 11.7 Å². The largest absolute Gasteiger partial charge is 0.329 e. The van der Waals surface area contributed by atoms with Gasteiger partial charge in [0.1, 0.15) is 0 Å². The Hall–Kier alpha value is -0.0800. The lowest BCUT2D eigenvalue weighted by molar-refractivity contribution is 0.113. The summed E-state index contributed by atoms with van der Waals surface area (Å²) in [4.78, 5) is 2.53. The first-order chi connectivity index (χ1) is 6.62. The molecule has 2 heteroatoms. The lowest BCUT2D eigenvalue weighted by Gasteiger charge is -2.38. The molecule has 0 rings (SSSR count). The Kier molecular flexibility index (Phi) is 7.20. The Morgan fingerprint density at radius 3 is 1.79 bits per heavy atom. The van der Waals surface area contributed by atoms with Gasteiger partial charge in [0.05, 0.1) is 0 Å². The fourth-order valence-electron chi connectivity index (χ4n) is 2.41. The minimum Gasteiger partial charge on any atom is -0.329 e. The maximum absolute atomic E-state index is 5.90. The average Bonchev–Trinajstić information content (AvgIpc) is 2.17. The molecule has 0 aromatic carbocycles. The van der Waals surface area contributed by atoms with Crippen LogP contribution in [0, 0.1) is 5.92 Å². The monoisotopic (exact) mass is 200 g/mol. The van der Waals surface area contributed by atoms with Gasteiger partial charge in [-0.25, -0.2) is 0 Å². The molecule has 1 atom stereocenters.